The zero-order valence-electron chi connectivity index (χ0n) is 20.4. The van der Waals surface area contributed by atoms with Crippen molar-refractivity contribution in [2.45, 2.75) is 44.5 Å². The highest BCUT2D eigenvalue weighted by Gasteiger charge is 2.30. The molecule has 0 aliphatic carbocycles. The topological polar surface area (TPSA) is 91.8 Å². The Morgan fingerprint density at radius 1 is 1.17 bits per heavy atom. The predicted octanol–water partition coefficient (Wildman–Crippen LogP) is 2.94. The van der Waals surface area contributed by atoms with Crippen molar-refractivity contribution in [3.63, 3.8) is 0 Å². The van der Waals surface area contributed by atoms with Crippen LogP contribution in [0.1, 0.15) is 40.7 Å². The fraction of sp³-hybridized carbons (Fsp3) is 0.357. The number of nitrogens with zero attached hydrogens (tertiary/aromatic N) is 3. The first-order chi connectivity index (χ1) is 17.5. The molecular weight excluding hydrogens is 456 g/mol. The molecule has 2 saturated heterocycles. The van der Waals surface area contributed by atoms with Gasteiger partial charge in [-0.1, -0.05) is 12.1 Å². The first-order valence-electron chi connectivity index (χ1n) is 12.3. The molecule has 1 aromatic heterocycles. The number of imide groups is 1. The van der Waals surface area contributed by atoms with E-state index in [2.05, 4.69) is 39.5 Å². The normalized spacial score (nSPS) is 20.6. The summed E-state index contributed by atoms with van der Waals surface area (Å²) in [5.41, 5.74) is 3.63. The fourth-order valence-corrected chi connectivity index (χ4v) is 5.10. The number of aldehydes is 1. The molecule has 2 unspecified atom stereocenters. The SMILES string of the molecule is CN(Cc1cc(OC2CCN(Cc3ccc4ncccc4c3)C2)ccc1C=O)C1CCC(=O)NC1=O. The third-order valence-electron chi connectivity index (χ3n) is 7.01. The number of pyridine rings is 1. The molecule has 8 heteroatoms. The largest absolute Gasteiger partial charge is 0.489 e. The zero-order chi connectivity index (χ0) is 25.1. The van der Waals surface area contributed by atoms with Crippen molar-refractivity contribution in [1.82, 2.24) is 20.1 Å². The molecule has 5 rings (SSSR count). The summed E-state index contributed by atoms with van der Waals surface area (Å²) in [6.45, 7) is 3.04. The molecule has 1 N–H and O–H groups in total. The summed E-state index contributed by atoms with van der Waals surface area (Å²) in [6, 6.07) is 15.5. The van der Waals surface area contributed by atoms with Crippen LogP contribution >= 0.6 is 0 Å². The summed E-state index contributed by atoms with van der Waals surface area (Å²) in [5.74, 6) is 0.190. The van der Waals surface area contributed by atoms with Crippen LogP contribution in [0, 0.1) is 0 Å². The van der Waals surface area contributed by atoms with E-state index in [1.165, 1.54) is 5.56 Å². The second-order valence-electron chi connectivity index (χ2n) is 9.65. The Balaban J connectivity index is 1.21. The van der Waals surface area contributed by atoms with Crippen molar-refractivity contribution in [3.8, 4) is 5.75 Å². The number of benzene rings is 2. The smallest absolute Gasteiger partial charge is 0.243 e. The molecule has 0 radical (unpaired) electrons. The molecular formula is C28H30N4O4. The number of likely N-dealkylation sites (tertiary alicyclic amines) is 1. The monoisotopic (exact) mass is 486 g/mol. The molecule has 2 amide bonds. The van der Waals surface area contributed by atoms with Crippen LogP contribution in [0.3, 0.4) is 0 Å². The number of rotatable bonds is 8. The van der Waals surface area contributed by atoms with E-state index in [1.807, 2.05) is 36.3 Å². The van der Waals surface area contributed by atoms with E-state index in [-0.39, 0.29) is 17.9 Å². The molecule has 0 bridgehead atoms. The lowest BCUT2D eigenvalue weighted by Gasteiger charge is -2.30. The van der Waals surface area contributed by atoms with Crippen LogP contribution in [0.2, 0.25) is 0 Å². The van der Waals surface area contributed by atoms with E-state index in [1.54, 1.807) is 6.07 Å². The quantitative estimate of drug-likeness (QED) is 0.387. The van der Waals surface area contributed by atoms with Gasteiger partial charge in [0.1, 0.15) is 18.1 Å². The molecule has 2 aromatic carbocycles. The maximum absolute atomic E-state index is 12.2. The first kappa shape index (κ1) is 24.1. The van der Waals surface area contributed by atoms with Crippen molar-refractivity contribution in [2.75, 3.05) is 20.1 Å². The molecule has 2 fully saturated rings. The van der Waals surface area contributed by atoms with Gasteiger partial charge in [0.15, 0.2) is 0 Å². The van der Waals surface area contributed by atoms with Crippen molar-refractivity contribution in [3.05, 3.63) is 71.4 Å². The average molecular weight is 487 g/mol. The minimum atomic E-state index is -0.402. The number of likely N-dealkylation sites (N-methyl/N-ethyl adjacent to an activating group) is 1. The van der Waals surface area contributed by atoms with Gasteiger partial charge in [0.2, 0.25) is 11.8 Å². The van der Waals surface area contributed by atoms with Crippen LogP contribution < -0.4 is 10.1 Å². The van der Waals surface area contributed by atoms with Gasteiger partial charge >= 0.3 is 0 Å². The average Bonchev–Trinajstić information content (AvgIpc) is 3.30. The Kier molecular flexibility index (Phi) is 7.06. The Morgan fingerprint density at radius 2 is 2.06 bits per heavy atom. The highest BCUT2D eigenvalue weighted by molar-refractivity contribution is 6.00. The highest BCUT2D eigenvalue weighted by Crippen LogP contribution is 2.25. The number of piperidine rings is 1. The van der Waals surface area contributed by atoms with Gasteiger partial charge in [0, 0.05) is 49.7 Å². The number of nitrogens with one attached hydrogen (secondary N) is 1. The Bertz CT molecular complexity index is 1290. The molecule has 3 heterocycles. The summed E-state index contributed by atoms with van der Waals surface area (Å²) < 4.78 is 6.31. The van der Waals surface area contributed by atoms with Crippen LogP contribution in [-0.2, 0) is 22.7 Å². The third kappa shape index (κ3) is 5.45. The number of aromatic nitrogens is 1. The molecule has 8 nitrogen and oxygen atoms in total. The van der Waals surface area contributed by atoms with E-state index in [4.69, 9.17) is 4.74 Å². The first-order valence-corrected chi connectivity index (χ1v) is 12.3. The number of hydrogen-bond acceptors (Lipinski definition) is 7. The van der Waals surface area contributed by atoms with Crippen molar-refractivity contribution >= 4 is 29.0 Å². The van der Waals surface area contributed by atoms with Crippen molar-refractivity contribution in [2.24, 2.45) is 0 Å². The van der Waals surface area contributed by atoms with Gasteiger partial charge in [-0.15, -0.1) is 0 Å². The summed E-state index contributed by atoms with van der Waals surface area (Å²) in [6.07, 6.45) is 4.42. The summed E-state index contributed by atoms with van der Waals surface area (Å²) in [7, 11) is 1.83. The molecule has 2 aliphatic rings. The van der Waals surface area contributed by atoms with Gasteiger partial charge in [-0.05, 0) is 67.4 Å². The number of hydrogen-bond donors (Lipinski definition) is 1. The standard InChI is InChI=1S/C28H30N4O4/c1-31(26-8-9-27(34)30-28(26)35)16-22-14-23(6-5-21(22)18-33)36-24-10-12-32(17-24)15-19-4-7-25-20(13-19)3-2-11-29-25/h2-7,11,13-14,18,24,26H,8-10,12,15-17H2,1H3,(H,30,34,35). The van der Waals surface area contributed by atoms with Crippen molar-refractivity contribution < 1.29 is 19.1 Å². The second-order valence-corrected chi connectivity index (χ2v) is 9.65. The lowest BCUT2D eigenvalue weighted by molar-refractivity contribution is -0.137. The Labute approximate surface area is 210 Å². The fourth-order valence-electron chi connectivity index (χ4n) is 5.10. The van der Waals surface area contributed by atoms with Crippen LogP contribution in [-0.4, -0.2) is 65.2 Å². The lowest BCUT2D eigenvalue weighted by atomic mass is 10.0. The number of carbonyl (C=O) groups excluding carboxylic acids is 3. The zero-order valence-corrected chi connectivity index (χ0v) is 20.4. The molecule has 2 aliphatic heterocycles. The van der Waals surface area contributed by atoms with Gasteiger partial charge in [0.05, 0.1) is 11.6 Å². The minimum absolute atomic E-state index is 0.0647. The number of carbonyl (C=O) groups is 3. The number of fused-ring (bicyclic) bond motifs is 1. The van der Waals surface area contributed by atoms with E-state index >= 15 is 0 Å². The van der Waals surface area contributed by atoms with Gasteiger partial charge in [-0.2, -0.15) is 0 Å². The third-order valence-corrected chi connectivity index (χ3v) is 7.01. The molecule has 0 spiro atoms. The molecule has 36 heavy (non-hydrogen) atoms. The Morgan fingerprint density at radius 3 is 2.89 bits per heavy atom. The Hall–Kier alpha value is -3.62. The van der Waals surface area contributed by atoms with Gasteiger partial charge in [-0.25, -0.2) is 0 Å². The van der Waals surface area contributed by atoms with Crippen LogP contribution in [0.25, 0.3) is 10.9 Å². The predicted molar refractivity (Wildman–Crippen MR) is 136 cm³/mol. The summed E-state index contributed by atoms with van der Waals surface area (Å²) in [5, 5.41) is 3.54. The van der Waals surface area contributed by atoms with Crippen LogP contribution in [0.15, 0.2) is 54.7 Å². The van der Waals surface area contributed by atoms with E-state index < -0.39 is 6.04 Å². The maximum Gasteiger partial charge on any atom is 0.243 e. The lowest BCUT2D eigenvalue weighted by Crippen LogP contribution is -2.51. The maximum atomic E-state index is 12.2. The molecule has 186 valence electrons. The number of amides is 2. The van der Waals surface area contributed by atoms with E-state index in [0.717, 1.165) is 54.6 Å². The van der Waals surface area contributed by atoms with E-state index in [9.17, 15) is 14.4 Å². The van der Waals surface area contributed by atoms with Crippen molar-refractivity contribution in [1.29, 1.82) is 0 Å². The van der Waals surface area contributed by atoms with Gasteiger partial charge in [-0.3, -0.25) is 34.5 Å². The summed E-state index contributed by atoms with van der Waals surface area (Å²) in [4.78, 5) is 44.0. The van der Waals surface area contributed by atoms with Crippen LogP contribution in [0.5, 0.6) is 5.75 Å². The van der Waals surface area contributed by atoms with Gasteiger partial charge < -0.3 is 4.74 Å². The molecule has 3 aromatic rings. The highest BCUT2D eigenvalue weighted by atomic mass is 16.5. The number of ether oxygens (including phenoxy) is 1. The van der Waals surface area contributed by atoms with Crippen LogP contribution in [0.4, 0.5) is 0 Å². The molecule has 2 atom stereocenters. The van der Waals surface area contributed by atoms with Gasteiger partial charge in [0.25, 0.3) is 0 Å². The second kappa shape index (κ2) is 10.6. The van der Waals surface area contributed by atoms with E-state index in [0.29, 0.717) is 24.9 Å². The summed E-state index contributed by atoms with van der Waals surface area (Å²) >= 11 is 0. The minimum Gasteiger partial charge on any atom is -0.489 e. The molecule has 0 saturated carbocycles.